The number of carbonyl (C=O) groups is 1. The van der Waals surface area contributed by atoms with E-state index in [1.54, 1.807) is 24.3 Å². The van der Waals surface area contributed by atoms with Crippen molar-refractivity contribution in [1.29, 1.82) is 5.26 Å². The largest absolute Gasteiger partial charge is 0.453 e. The number of nitrogens with zero attached hydrogens (tertiary/aromatic N) is 4. The number of aromatic nitrogens is 4. The van der Waals surface area contributed by atoms with E-state index in [0.29, 0.717) is 11.4 Å². The fourth-order valence-electron chi connectivity index (χ4n) is 1.43. The number of carbonyl (C=O) groups excluding carboxylic acids is 1. The minimum atomic E-state index is -0.563. The highest BCUT2D eigenvalue weighted by Crippen LogP contribution is 2.16. The summed E-state index contributed by atoms with van der Waals surface area (Å²) in [6.45, 7) is 0. The molecule has 0 aliphatic carbocycles. The number of amides is 1. The lowest BCUT2D eigenvalue weighted by Gasteiger charge is -2.06. The Bertz CT molecular complexity index is 688. The smallest absolute Gasteiger partial charge is 0.411 e. The van der Waals surface area contributed by atoms with Gasteiger partial charge in [0.2, 0.25) is 5.82 Å². The van der Waals surface area contributed by atoms with Crippen LogP contribution in [0.15, 0.2) is 30.5 Å². The Balaban J connectivity index is 2.11. The highest BCUT2D eigenvalue weighted by Gasteiger charge is 2.05. The minimum absolute atomic E-state index is 0.189. The Hall–Kier alpha value is -3.41. The Labute approximate surface area is 119 Å². The number of nitriles is 1. The first kappa shape index (κ1) is 14.0. The number of benzene rings is 1. The topological polar surface area (TPSA) is 129 Å². The summed E-state index contributed by atoms with van der Waals surface area (Å²) < 4.78 is 4.51. The molecule has 0 unspecified atom stereocenters. The van der Waals surface area contributed by atoms with Crippen molar-refractivity contribution in [2.24, 2.45) is 0 Å². The molecule has 9 heteroatoms. The van der Waals surface area contributed by atoms with Crippen LogP contribution in [0.1, 0.15) is 5.82 Å². The second-order valence-electron chi connectivity index (χ2n) is 3.75. The number of aromatic amines is 1. The molecule has 2 rings (SSSR count). The van der Waals surface area contributed by atoms with E-state index >= 15 is 0 Å². The predicted molar refractivity (Wildman–Crippen MR) is 73.9 cm³/mol. The summed E-state index contributed by atoms with van der Waals surface area (Å²) in [4.78, 5) is 11.1. The first-order valence-electron chi connectivity index (χ1n) is 5.78. The van der Waals surface area contributed by atoms with E-state index in [0.717, 1.165) is 0 Å². The van der Waals surface area contributed by atoms with Crippen molar-refractivity contribution in [2.45, 2.75) is 0 Å². The van der Waals surface area contributed by atoms with Crippen LogP contribution in [0.4, 0.5) is 16.2 Å². The molecule has 3 N–H and O–H groups in total. The third-order valence-electron chi connectivity index (χ3n) is 2.38. The van der Waals surface area contributed by atoms with Crippen LogP contribution in [-0.2, 0) is 4.74 Å². The number of hydrogen-bond acceptors (Lipinski definition) is 7. The van der Waals surface area contributed by atoms with Gasteiger partial charge >= 0.3 is 6.09 Å². The molecule has 1 heterocycles. The van der Waals surface area contributed by atoms with Crippen molar-refractivity contribution < 1.29 is 9.53 Å². The van der Waals surface area contributed by atoms with Gasteiger partial charge in [0.1, 0.15) is 11.6 Å². The fraction of sp³-hybridized carbons (Fsp3) is 0.0833. The summed E-state index contributed by atoms with van der Waals surface area (Å²) >= 11 is 0. The Morgan fingerprint density at radius 2 is 2.29 bits per heavy atom. The maximum absolute atomic E-state index is 11.1. The Morgan fingerprint density at radius 3 is 2.95 bits per heavy atom. The summed E-state index contributed by atoms with van der Waals surface area (Å²) in [7, 11) is 1.28. The molecular formula is C12H11N7O2. The molecule has 2 aromatic rings. The molecule has 1 amide bonds. The SMILES string of the molecule is COC(=O)Nc1cccc(NC=C(C#N)c2nn[nH]n2)c1. The van der Waals surface area contributed by atoms with E-state index in [2.05, 4.69) is 36.0 Å². The van der Waals surface area contributed by atoms with Crippen LogP contribution >= 0.6 is 0 Å². The molecule has 0 atom stereocenters. The van der Waals surface area contributed by atoms with Gasteiger partial charge in [-0.1, -0.05) is 6.07 Å². The quantitative estimate of drug-likeness (QED) is 0.723. The molecule has 21 heavy (non-hydrogen) atoms. The maximum Gasteiger partial charge on any atom is 0.411 e. The first-order valence-corrected chi connectivity index (χ1v) is 5.78. The molecule has 1 aromatic carbocycles. The molecule has 0 aliphatic rings. The molecule has 0 radical (unpaired) electrons. The summed E-state index contributed by atoms with van der Waals surface area (Å²) in [5.41, 5.74) is 1.44. The molecule has 0 spiro atoms. The van der Waals surface area contributed by atoms with Crippen molar-refractivity contribution in [2.75, 3.05) is 17.7 Å². The van der Waals surface area contributed by atoms with Gasteiger partial charge < -0.3 is 10.1 Å². The van der Waals surface area contributed by atoms with Crippen molar-refractivity contribution in [3.63, 3.8) is 0 Å². The number of methoxy groups -OCH3 is 1. The molecule has 0 fully saturated rings. The first-order chi connectivity index (χ1) is 10.2. The van der Waals surface area contributed by atoms with Crippen molar-refractivity contribution >= 4 is 23.0 Å². The molecule has 0 saturated carbocycles. The van der Waals surface area contributed by atoms with Gasteiger partial charge in [-0.05, 0) is 23.4 Å². The van der Waals surface area contributed by atoms with E-state index in [1.807, 2.05) is 6.07 Å². The van der Waals surface area contributed by atoms with Crippen LogP contribution in [0.3, 0.4) is 0 Å². The summed E-state index contributed by atoms with van der Waals surface area (Å²) in [6, 6.07) is 8.84. The van der Waals surface area contributed by atoms with Gasteiger partial charge in [0.05, 0.1) is 7.11 Å². The van der Waals surface area contributed by atoms with Gasteiger partial charge in [-0.3, -0.25) is 5.32 Å². The normalized spacial score (nSPS) is 10.6. The monoisotopic (exact) mass is 285 g/mol. The highest BCUT2D eigenvalue weighted by atomic mass is 16.5. The Morgan fingerprint density at radius 1 is 1.48 bits per heavy atom. The number of H-pyrrole nitrogens is 1. The van der Waals surface area contributed by atoms with Crippen molar-refractivity contribution in [3.05, 3.63) is 36.3 Å². The van der Waals surface area contributed by atoms with Gasteiger partial charge in [0.15, 0.2) is 0 Å². The van der Waals surface area contributed by atoms with E-state index in [1.165, 1.54) is 13.3 Å². The zero-order valence-corrected chi connectivity index (χ0v) is 11.0. The minimum Gasteiger partial charge on any atom is -0.453 e. The highest BCUT2D eigenvalue weighted by molar-refractivity contribution is 5.85. The van der Waals surface area contributed by atoms with E-state index in [9.17, 15) is 4.79 Å². The van der Waals surface area contributed by atoms with Gasteiger partial charge in [-0.25, -0.2) is 4.79 Å². The molecule has 1 aromatic heterocycles. The maximum atomic E-state index is 11.1. The predicted octanol–water partition coefficient (Wildman–Crippen LogP) is 1.35. The molecule has 0 saturated heterocycles. The zero-order valence-electron chi connectivity index (χ0n) is 11.0. The second-order valence-corrected chi connectivity index (χ2v) is 3.75. The van der Waals surface area contributed by atoms with Gasteiger partial charge in [-0.2, -0.15) is 10.5 Å². The van der Waals surface area contributed by atoms with Gasteiger partial charge in [-0.15, -0.1) is 10.2 Å². The number of rotatable bonds is 4. The number of ether oxygens (including phenoxy) is 1. The fourth-order valence-corrected chi connectivity index (χ4v) is 1.43. The summed E-state index contributed by atoms with van der Waals surface area (Å²) in [5.74, 6) is 0.189. The third kappa shape index (κ3) is 3.77. The second kappa shape index (κ2) is 6.67. The lowest BCUT2D eigenvalue weighted by atomic mass is 10.2. The van der Waals surface area contributed by atoms with E-state index in [4.69, 9.17) is 5.26 Å². The van der Waals surface area contributed by atoms with Crippen molar-refractivity contribution in [3.8, 4) is 6.07 Å². The van der Waals surface area contributed by atoms with Crippen LogP contribution in [-0.4, -0.2) is 33.8 Å². The third-order valence-corrected chi connectivity index (χ3v) is 2.38. The molecular weight excluding hydrogens is 274 g/mol. The van der Waals surface area contributed by atoms with E-state index < -0.39 is 6.09 Å². The Kier molecular flexibility index (Phi) is 4.45. The molecule has 9 nitrogen and oxygen atoms in total. The molecule has 0 bridgehead atoms. The average Bonchev–Trinajstić information content (AvgIpc) is 3.02. The molecule has 0 aliphatic heterocycles. The van der Waals surface area contributed by atoms with Crippen LogP contribution in [0, 0.1) is 11.3 Å². The van der Waals surface area contributed by atoms with E-state index in [-0.39, 0.29) is 11.4 Å². The summed E-state index contributed by atoms with van der Waals surface area (Å²) in [5, 5.41) is 27.6. The lowest BCUT2D eigenvalue weighted by Crippen LogP contribution is -2.10. The zero-order chi connectivity index (χ0) is 15.1. The van der Waals surface area contributed by atoms with Crippen LogP contribution in [0.5, 0.6) is 0 Å². The summed E-state index contributed by atoms with van der Waals surface area (Å²) in [6.07, 6.45) is 0.884. The number of anilines is 2. The average molecular weight is 285 g/mol. The van der Waals surface area contributed by atoms with Crippen LogP contribution in [0.2, 0.25) is 0 Å². The van der Waals surface area contributed by atoms with Crippen molar-refractivity contribution in [1.82, 2.24) is 20.6 Å². The van der Waals surface area contributed by atoms with Crippen LogP contribution < -0.4 is 10.6 Å². The standard InChI is InChI=1S/C12H11N7O2/c1-21-12(20)15-10-4-2-3-9(5-10)14-7-8(6-13)11-16-18-19-17-11/h2-5,7,14H,1H3,(H,15,20)(H,16,17,18,19). The molecule has 106 valence electrons. The number of allylic oxidation sites excluding steroid dienone is 1. The number of nitrogens with one attached hydrogen (secondary N) is 3. The number of tetrazole rings is 1. The van der Waals surface area contributed by atoms with Gasteiger partial charge in [0, 0.05) is 17.6 Å². The van der Waals surface area contributed by atoms with Crippen LogP contribution in [0.25, 0.3) is 5.57 Å². The lowest BCUT2D eigenvalue weighted by molar-refractivity contribution is 0.187. The number of hydrogen-bond donors (Lipinski definition) is 3. The van der Waals surface area contributed by atoms with Gasteiger partial charge in [0.25, 0.3) is 0 Å².